The number of carbonyl (C=O) groups is 2. The number of ether oxygens (including phenoxy) is 2. The number of methoxy groups -OCH3 is 1. The van der Waals surface area contributed by atoms with E-state index in [1.54, 1.807) is 49.5 Å². The van der Waals surface area contributed by atoms with Gasteiger partial charge in [-0.3, -0.25) is 4.79 Å². The Hall–Kier alpha value is -2.73. The minimum Gasteiger partial charge on any atom is -0.495 e. The van der Waals surface area contributed by atoms with Crippen LogP contribution in [0, 0.1) is 0 Å². The van der Waals surface area contributed by atoms with Gasteiger partial charge in [-0.1, -0.05) is 23.7 Å². The third kappa shape index (κ3) is 4.64. The molecule has 0 saturated heterocycles. The van der Waals surface area contributed by atoms with Crippen LogP contribution in [0.2, 0.25) is 5.02 Å². The maximum atomic E-state index is 12.3. The first-order valence-corrected chi connectivity index (χ1v) is 7.96. The number of anilines is 2. The summed E-state index contributed by atoms with van der Waals surface area (Å²) in [6, 6.07) is 11.7. The summed E-state index contributed by atoms with van der Waals surface area (Å²) in [6.45, 7) is 1.49. The maximum Gasteiger partial charge on any atom is 0.341 e. The molecular formula is C18H19ClN2O4. The van der Waals surface area contributed by atoms with Crippen LogP contribution in [0.5, 0.6) is 5.75 Å². The average molecular weight is 363 g/mol. The Balaban J connectivity index is 2.08. The number of rotatable bonds is 6. The molecule has 0 fully saturated rings. The lowest BCUT2D eigenvalue weighted by atomic mass is 10.2. The number of esters is 1. The third-order valence-corrected chi connectivity index (χ3v) is 3.72. The van der Waals surface area contributed by atoms with Crippen molar-refractivity contribution < 1.29 is 19.1 Å². The molecule has 7 heteroatoms. The second-order valence-corrected chi connectivity index (χ2v) is 5.61. The van der Waals surface area contributed by atoms with Crippen LogP contribution in [0.15, 0.2) is 42.5 Å². The molecule has 0 radical (unpaired) electrons. The van der Waals surface area contributed by atoms with Gasteiger partial charge in [0, 0.05) is 17.8 Å². The molecule has 0 aliphatic rings. The quantitative estimate of drug-likeness (QED) is 0.768. The Labute approximate surface area is 151 Å². The predicted molar refractivity (Wildman–Crippen MR) is 97.5 cm³/mol. The van der Waals surface area contributed by atoms with Crippen molar-refractivity contribution in [3.05, 3.63) is 53.1 Å². The van der Waals surface area contributed by atoms with Gasteiger partial charge >= 0.3 is 5.97 Å². The first kappa shape index (κ1) is 18.6. The topological polar surface area (TPSA) is 76.7 Å². The van der Waals surface area contributed by atoms with Crippen LogP contribution < -0.4 is 15.4 Å². The van der Waals surface area contributed by atoms with E-state index >= 15 is 0 Å². The molecule has 132 valence electrons. The summed E-state index contributed by atoms with van der Waals surface area (Å²) in [5.74, 6) is -0.627. The molecule has 0 aromatic heterocycles. The van der Waals surface area contributed by atoms with Crippen LogP contribution >= 0.6 is 11.6 Å². The molecule has 0 unspecified atom stereocenters. The van der Waals surface area contributed by atoms with Crippen molar-refractivity contribution in [3.8, 4) is 5.75 Å². The Morgan fingerprint density at radius 2 is 1.84 bits per heavy atom. The monoisotopic (exact) mass is 362 g/mol. The minimum absolute atomic E-state index is 0.352. The van der Waals surface area contributed by atoms with E-state index in [9.17, 15) is 9.59 Å². The lowest BCUT2D eigenvalue weighted by molar-refractivity contribution is -0.123. The third-order valence-electron chi connectivity index (χ3n) is 3.49. The number of amides is 1. The molecule has 0 saturated carbocycles. The predicted octanol–water partition coefficient (Wildman–Crippen LogP) is 3.57. The summed E-state index contributed by atoms with van der Waals surface area (Å²) in [7, 11) is 3.19. The first-order valence-electron chi connectivity index (χ1n) is 7.58. The van der Waals surface area contributed by atoms with Crippen molar-refractivity contribution in [2.24, 2.45) is 0 Å². The summed E-state index contributed by atoms with van der Waals surface area (Å²) >= 11 is 5.94. The molecule has 1 atom stereocenters. The van der Waals surface area contributed by atoms with Crippen molar-refractivity contribution in [3.63, 3.8) is 0 Å². The molecule has 25 heavy (non-hydrogen) atoms. The maximum absolute atomic E-state index is 12.3. The van der Waals surface area contributed by atoms with Gasteiger partial charge in [0.1, 0.15) is 5.75 Å². The van der Waals surface area contributed by atoms with Crippen molar-refractivity contribution in [2.45, 2.75) is 13.0 Å². The standard InChI is InChI=1S/C18H19ClN2O4/c1-11(25-18(23)13-6-4-5-7-14(13)20-2)17(22)21-15-10-12(19)8-9-16(15)24-3/h4-11,20H,1-3H3,(H,21,22)/t11-/m0/s1. The number of nitrogens with one attached hydrogen (secondary N) is 2. The van der Waals surface area contributed by atoms with E-state index in [0.717, 1.165) is 0 Å². The number of benzene rings is 2. The molecule has 2 rings (SSSR count). The van der Waals surface area contributed by atoms with Gasteiger partial charge in [0.15, 0.2) is 6.10 Å². The number of carbonyl (C=O) groups excluding carboxylic acids is 2. The highest BCUT2D eigenvalue weighted by atomic mass is 35.5. The van der Waals surface area contributed by atoms with Gasteiger partial charge in [-0.05, 0) is 37.3 Å². The van der Waals surface area contributed by atoms with E-state index in [1.807, 2.05) is 0 Å². The zero-order valence-electron chi connectivity index (χ0n) is 14.1. The van der Waals surface area contributed by atoms with Crippen molar-refractivity contribution in [1.82, 2.24) is 0 Å². The summed E-state index contributed by atoms with van der Waals surface area (Å²) in [5, 5.41) is 6.00. The first-order chi connectivity index (χ1) is 12.0. The van der Waals surface area contributed by atoms with Crippen molar-refractivity contribution in [2.75, 3.05) is 24.8 Å². The fourth-order valence-corrected chi connectivity index (χ4v) is 2.34. The minimum atomic E-state index is -0.999. The van der Waals surface area contributed by atoms with Crippen LogP contribution in [0.25, 0.3) is 0 Å². The van der Waals surface area contributed by atoms with E-state index < -0.39 is 18.0 Å². The molecule has 0 aliphatic heterocycles. The average Bonchev–Trinajstić information content (AvgIpc) is 2.61. The highest BCUT2D eigenvalue weighted by molar-refractivity contribution is 6.31. The van der Waals surface area contributed by atoms with Gasteiger partial charge in [-0.25, -0.2) is 4.79 Å². The Morgan fingerprint density at radius 3 is 2.52 bits per heavy atom. The molecule has 2 N–H and O–H groups in total. The molecule has 0 heterocycles. The Bertz CT molecular complexity index is 779. The molecule has 1 amide bonds. The Morgan fingerprint density at radius 1 is 1.12 bits per heavy atom. The van der Waals surface area contributed by atoms with Gasteiger partial charge in [-0.15, -0.1) is 0 Å². The number of para-hydroxylation sites is 1. The SMILES string of the molecule is CNc1ccccc1C(=O)O[C@@H](C)C(=O)Nc1cc(Cl)ccc1OC. The zero-order chi connectivity index (χ0) is 18.4. The molecule has 0 bridgehead atoms. The van der Waals surface area contributed by atoms with Crippen LogP contribution in [0.4, 0.5) is 11.4 Å². The summed E-state index contributed by atoms with van der Waals surface area (Å²) in [6.07, 6.45) is -0.999. The molecule has 2 aromatic rings. The van der Waals surface area contributed by atoms with Gasteiger partial charge in [0.2, 0.25) is 0 Å². The summed E-state index contributed by atoms with van der Waals surface area (Å²) < 4.78 is 10.4. The summed E-state index contributed by atoms with van der Waals surface area (Å²) in [4.78, 5) is 24.6. The largest absolute Gasteiger partial charge is 0.495 e. The highest BCUT2D eigenvalue weighted by Crippen LogP contribution is 2.28. The number of hydrogen-bond acceptors (Lipinski definition) is 5. The number of halogens is 1. The zero-order valence-corrected chi connectivity index (χ0v) is 14.9. The van der Waals surface area contributed by atoms with Gasteiger partial charge in [-0.2, -0.15) is 0 Å². The van der Waals surface area contributed by atoms with E-state index in [4.69, 9.17) is 21.1 Å². The molecule has 0 spiro atoms. The summed E-state index contributed by atoms with van der Waals surface area (Å²) in [5.41, 5.74) is 1.38. The van der Waals surface area contributed by atoms with Crippen LogP contribution in [-0.2, 0) is 9.53 Å². The van der Waals surface area contributed by atoms with Gasteiger partial charge in [0.25, 0.3) is 5.91 Å². The van der Waals surface area contributed by atoms with Crippen molar-refractivity contribution in [1.29, 1.82) is 0 Å². The highest BCUT2D eigenvalue weighted by Gasteiger charge is 2.21. The van der Waals surface area contributed by atoms with E-state index in [2.05, 4.69) is 10.6 Å². The second kappa shape index (κ2) is 8.39. The normalized spacial score (nSPS) is 11.4. The van der Waals surface area contributed by atoms with E-state index in [0.29, 0.717) is 27.7 Å². The smallest absolute Gasteiger partial charge is 0.341 e. The molecule has 6 nitrogen and oxygen atoms in total. The van der Waals surface area contributed by atoms with Crippen LogP contribution in [-0.4, -0.2) is 32.1 Å². The fraction of sp³-hybridized carbons (Fsp3) is 0.222. The molecular weight excluding hydrogens is 344 g/mol. The second-order valence-electron chi connectivity index (χ2n) is 5.18. The van der Waals surface area contributed by atoms with E-state index in [-0.39, 0.29) is 0 Å². The molecule has 2 aromatic carbocycles. The fourth-order valence-electron chi connectivity index (χ4n) is 2.17. The van der Waals surface area contributed by atoms with Crippen molar-refractivity contribution >= 4 is 34.9 Å². The van der Waals surface area contributed by atoms with Crippen LogP contribution in [0.3, 0.4) is 0 Å². The molecule has 0 aliphatic carbocycles. The Kier molecular flexibility index (Phi) is 6.25. The van der Waals surface area contributed by atoms with Gasteiger partial charge < -0.3 is 20.1 Å². The lowest BCUT2D eigenvalue weighted by Crippen LogP contribution is -2.30. The van der Waals surface area contributed by atoms with Gasteiger partial charge in [0.05, 0.1) is 18.4 Å². The van der Waals surface area contributed by atoms with E-state index in [1.165, 1.54) is 14.0 Å². The number of hydrogen-bond donors (Lipinski definition) is 2. The lowest BCUT2D eigenvalue weighted by Gasteiger charge is -2.16. The van der Waals surface area contributed by atoms with Crippen LogP contribution in [0.1, 0.15) is 17.3 Å².